The highest BCUT2D eigenvalue weighted by Crippen LogP contribution is 2.24. The molecule has 1 atom stereocenters. The fourth-order valence-electron chi connectivity index (χ4n) is 3.02. The van der Waals surface area contributed by atoms with E-state index in [0.717, 1.165) is 29.1 Å². The number of hydrogen-bond acceptors (Lipinski definition) is 6. The van der Waals surface area contributed by atoms with Crippen molar-refractivity contribution in [2.75, 3.05) is 6.54 Å². The minimum absolute atomic E-state index is 0.0595. The van der Waals surface area contributed by atoms with Crippen LogP contribution in [-0.2, 0) is 17.1 Å². The highest BCUT2D eigenvalue weighted by Gasteiger charge is 2.20. The van der Waals surface area contributed by atoms with E-state index in [-0.39, 0.29) is 22.8 Å². The monoisotopic (exact) mass is 416 g/mol. The number of nitrogens with one attached hydrogen (secondary N) is 2. The first-order valence-electron chi connectivity index (χ1n) is 8.61. The van der Waals surface area contributed by atoms with Crippen molar-refractivity contribution in [1.29, 1.82) is 0 Å². The van der Waals surface area contributed by atoms with Crippen molar-refractivity contribution in [3.63, 3.8) is 0 Å². The lowest BCUT2D eigenvalue weighted by Crippen LogP contribution is -2.28. The SMILES string of the molecule is Cn1ccc2cc([C@@H](O)CNS(=O)(=O)c3ccc(F)c(-c4nn[nH]n4)c3)ccc21. The molecule has 150 valence electrons. The number of rotatable bonds is 6. The summed E-state index contributed by atoms with van der Waals surface area (Å²) in [7, 11) is -2.08. The summed E-state index contributed by atoms with van der Waals surface area (Å²) < 4.78 is 43.5. The Bertz CT molecular complexity index is 1270. The van der Waals surface area contributed by atoms with E-state index in [1.807, 2.05) is 29.9 Å². The Balaban J connectivity index is 1.53. The molecule has 2 aromatic carbocycles. The fourth-order valence-corrected chi connectivity index (χ4v) is 4.08. The van der Waals surface area contributed by atoms with Gasteiger partial charge in [0, 0.05) is 25.3 Å². The smallest absolute Gasteiger partial charge is 0.240 e. The van der Waals surface area contributed by atoms with Crippen LogP contribution in [0.1, 0.15) is 11.7 Å². The first-order chi connectivity index (χ1) is 13.8. The van der Waals surface area contributed by atoms with Crippen molar-refractivity contribution in [3.05, 3.63) is 60.0 Å². The number of aliphatic hydroxyl groups is 1. The lowest BCUT2D eigenvalue weighted by Gasteiger charge is -2.13. The van der Waals surface area contributed by atoms with Gasteiger partial charge >= 0.3 is 0 Å². The number of aromatic nitrogens is 5. The Morgan fingerprint density at radius 3 is 2.83 bits per heavy atom. The number of hydrogen-bond donors (Lipinski definition) is 3. The van der Waals surface area contributed by atoms with E-state index in [9.17, 15) is 17.9 Å². The van der Waals surface area contributed by atoms with Crippen molar-refractivity contribution < 1.29 is 17.9 Å². The molecule has 11 heteroatoms. The van der Waals surface area contributed by atoms with Gasteiger partial charge in [-0.1, -0.05) is 6.07 Å². The molecule has 0 bridgehead atoms. The number of benzene rings is 2. The summed E-state index contributed by atoms with van der Waals surface area (Å²) in [5.41, 5.74) is 1.48. The molecule has 2 heterocycles. The molecule has 4 aromatic rings. The van der Waals surface area contributed by atoms with Gasteiger partial charge in [-0.25, -0.2) is 17.5 Å². The van der Waals surface area contributed by atoms with Crippen LogP contribution < -0.4 is 4.72 Å². The Hall–Kier alpha value is -3.15. The van der Waals surface area contributed by atoms with Crippen LogP contribution in [0, 0.1) is 5.82 Å². The molecule has 4 rings (SSSR count). The van der Waals surface area contributed by atoms with Crippen LogP contribution in [0.4, 0.5) is 4.39 Å². The summed E-state index contributed by atoms with van der Waals surface area (Å²) in [6, 6.07) is 10.6. The number of H-pyrrole nitrogens is 1. The number of tetrazole rings is 1. The molecule has 0 radical (unpaired) electrons. The van der Waals surface area contributed by atoms with Crippen LogP contribution in [0.25, 0.3) is 22.3 Å². The first kappa shape index (κ1) is 19.2. The van der Waals surface area contributed by atoms with Gasteiger partial charge in [0.05, 0.1) is 16.6 Å². The van der Waals surface area contributed by atoms with E-state index in [1.165, 1.54) is 0 Å². The molecule has 0 aliphatic rings. The Kier molecular flexibility index (Phi) is 4.86. The lowest BCUT2D eigenvalue weighted by molar-refractivity contribution is 0.182. The molecular weight excluding hydrogens is 399 g/mol. The van der Waals surface area contributed by atoms with Gasteiger partial charge in [-0.15, -0.1) is 10.2 Å². The maximum atomic E-state index is 14.0. The van der Waals surface area contributed by atoms with Crippen LogP contribution in [0.3, 0.4) is 0 Å². The topological polar surface area (TPSA) is 126 Å². The average molecular weight is 416 g/mol. The average Bonchev–Trinajstić information content (AvgIpc) is 3.36. The van der Waals surface area contributed by atoms with Crippen molar-refractivity contribution in [1.82, 2.24) is 29.9 Å². The normalized spacial score (nSPS) is 13.1. The third-order valence-corrected chi connectivity index (χ3v) is 6.02. The van der Waals surface area contributed by atoms with Crippen molar-refractivity contribution in [2.45, 2.75) is 11.0 Å². The van der Waals surface area contributed by atoms with E-state index in [2.05, 4.69) is 25.3 Å². The second-order valence-electron chi connectivity index (χ2n) is 6.49. The Labute approximate surface area is 165 Å². The highest BCUT2D eigenvalue weighted by molar-refractivity contribution is 7.89. The second-order valence-corrected chi connectivity index (χ2v) is 8.26. The second kappa shape index (κ2) is 7.35. The van der Waals surface area contributed by atoms with E-state index in [0.29, 0.717) is 5.56 Å². The van der Waals surface area contributed by atoms with Gasteiger partial charge in [0.1, 0.15) is 5.82 Å². The highest BCUT2D eigenvalue weighted by atomic mass is 32.2. The fraction of sp³-hybridized carbons (Fsp3) is 0.167. The number of aryl methyl sites for hydroxylation is 1. The van der Waals surface area contributed by atoms with Crippen LogP contribution >= 0.6 is 0 Å². The summed E-state index contributed by atoms with van der Waals surface area (Å²) in [5.74, 6) is -0.739. The zero-order valence-corrected chi connectivity index (χ0v) is 16.1. The van der Waals surface area contributed by atoms with E-state index >= 15 is 0 Å². The zero-order valence-electron chi connectivity index (χ0n) is 15.2. The van der Waals surface area contributed by atoms with Crippen molar-refractivity contribution in [3.8, 4) is 11.4 Å². The predicted molar refractivity (Wildman–Crippen MR) is 103 cm³/mol. The molecule has 0 aliphatic heterocycles. The van der Waals surface area contributed by atoms with Crippen molar-refractivity contribution in [2.24, 2.45) is 7.05 Å². The Morgan fingerprint density at radius 2 is 2.07 bits per heavy atom. The molecule has 0 saturated carbocycles. The lowest BCUT2D eigenvalue weighted by atomic mass is 10.1. The molecule has 0 fully saturated rings. The molecule has 0 unspecified atom stereocenters. The summed E-state index contributed by atoms with van der Waals surface area (Å²) in [5, 5.41) is 24.2. The van der Waals surface area contributed by atoms with Gasteiger partial charge in [0.2, 0.25) is 15.8 Å². The number of halogens is 1. The van der Waals surface area contributed by atoms with Crippen molar-refractivity contribution >= 4 is 20.9 Å². The molecule has 9 nitrogen and oxygen atoms in total. The molecule has 29 heavy (non-hydrogen) atoms. The summed E-state index contributed by atoms with van der Waals surface area (Å²) >= 11 is 0. The molecular formula is C18H17FN6O3S. The predicted octanol–water partition coefficient (Wildman–Crippen LogP) is 1.51. The minimum Gasteiger partial charge on any atom is -0.387 e. The molecule has 0 spiro atoms. The van der Waals surface area contributed by atoms with Crippen LogP contribution in [0.5, 0.6) is 0 Å². The van der Waals surface area contributed by atoms with Gasteiger partial charge in [-0.3, -0.25) is 0 Å². The first-order valence-corrected chi connectivity index (χ1v) is 10.1. The molecule has 0 amide bonds. The standard InChI is InChI=1S/C18H17FN6O3S/c1-25-7-6-11-8-12(2-5-16(11)25)17(26)10-20-29(27,28)13-3-4-15(19)14(9-13)18-21-23-24-22-18/h2-9,17,20,26H,10H2,1H3,(H,21,22,23,24)/t17-/m0/s1. The third kappa shape index (κ3) is 3.75. The summed E-state index contributed by atoms with van der Waals surface area (Å²) in [6.07, 6.45) is 0.853. The number of nitrogens with zero attached hydrogens (tertiary/aromatic N) is 4. The van der Waals surface area contributed by atoms with Gasteiger partial charge in [0.25, 0.3) is 0 Å². The number of aliphatic hydroxyl groups excluding tert-OH is 1. The van der Waals surface area contributed by atoms with E-state index < -0.39 is 21.9 Å². The number of aromatic amines is 1. The number of sulfonamides is 1. The molecule has 0 saturated heterocycles. The maximum absolute atomic E-state index is 14.0. The Morgan fingerprint density at radius 1 is 1.24 bits per heavy atom. The quantitative estimate of drug-likeness (QED) is 0.437. The number of fused-ring (bicyclic) bond motifs is 1. The van der Waals surface area contributed by atoms with Crippen LogP contribution in [0.2, 0.25) is 0 Å². The summed E-state index contributed by atoms with van der Waals surface area (Å²) in [4.78, 5) is -0.176. The molecule has 2 aromatic heterocycles. The maximum Gasteiger partial charge on any atom is 0.240 e. The van der Waals surface area contributed by atoms with Crippen LogP contribution in [0.15, 0.2) is 53.6 Å². The zero-order chi connectivity index (χ0) is 20.6. The largest absolute Gasteiger partial charge is 0.387 e. The van der Waals surface area contributed by atoms with E-state index in [4.69, 9.17) is 0 Å². The van der Waals surface area contributed by atoms with Crippen LogP contribution in [-0.4, -0.2) is 45.3 Å². The van der Waals surface area contributed by atoms with Gasteiger partial charge in [-0.05, 0) is 52.6 Å². The molecule has 0 aliphatic carbocycles. The molecule has 3 N–H and O–H groups in total. The van der Waals surface area contributed by atoms with E-state index in [1.54, 1.807) is 12.1 Å². The summed E-state index contributed by atoms with van der Waals surface area (Å²) in [6.45, 7) is -0.240. The van der Waals surface area contributed by atoms with Gasteiger partial charge in [-0.2, -0.15) is 5.21 Å². The van der Waals surface area contributed by atoms with Gasteiger partial charge < -0.3 is 9.67 Å². The third-order valence-electron chi connectivity index (χ3n) is 4.60. The van der Waals surface area contributed by atoms with Gasteiger partial charge in [0.15, 0.2) is 0 Å². The minimum atomic E-state index is -4.00.